The van der Waals surface area contributed by atoms with Gasteiger partial charge in [-0.05, 0) is 49.1 Å². The Balaban J connectivity index is 1.41. The van der Waals surface area contributed by atoms with Crippen LogP contribution in [0.15, 0.2) is 42.5 Å². The largest absolute Gasteiger partial charge is 0.339 e. The zero-order valence-corrected chi connectivity index (χ0v) is 15.7. The summed E-state index contributed by atoms with van der Waals surface area (Å²) in [6.07, 6.45) is 1.75. The average molecular weight is 397 g/mol. The lowest BCUT2D eigenvalue weighted by atomic mass is 9.94. The molecule has 8 heteroatoms. The van der Waals surface area contributed by atoms with Crippen LogP contribution in [-0.4, -0.2) is 41.3 Å². The highest BCUT2D eigenvalue weighted by molar-refractivity contribution is 5.98. The second kappa shape index (κ2) is 7.62. The van der Waals surface area contributed by atoms with Crippen LogP contribution < -0.4 is 4.90 Å². The quantitative estimate of drug-likeness (QED) is 0.588. The number of carbonyl (C=O) groups excluding carboxylic acids is 2. The summed E-state index contributed by atoms with van der Waals surface area (Å²) < 4.78 is 13.1. The molecule has 2 amide bonds. The van der Waals surface area contributed by atoms with Gasteiger partial charge in [0.25, 0.3) is 11.6 Å². The second-order valence-electron chi connectivity index (χ2n) is 7.38. The smallest absolute Gasteiger partial charge is 0.271 e. The predicted molar refractivity (Wildman–Crippen MR) is 104 cm³/mol. The molecule has 2 aromatic carbocycles. The lowest BCUT2D eigenvalue weighted by Gasteiger charge is -2.33. The molecule has 29 heavy (non-hydrogen) atoms. The lowest BCUT2D eigenvalue weighted by molar-refractivity contribution is -0.384. The molecule has 0 radical (unpaired) electrons. The van der Waals surface area contributed by atoms with Gasteiger partial charge >= 0.3 is 0 Å². The molecule has 2 aliphatic rings. The molecule has 0 saturated carbocycles. The molecule has 2 aromatic rings. The third-order valence-electron chi connectivity index (χ3n) is 5.66. The highest BCUT2D eigenvalue weighted by atomic mass is 19.1. The van der Waals surface area contributed by atoms with Gasteiger partial charge in [0.05, 0.1) is 10.6 Å². The molecule has 1 saturated heterocycles. The standard InChI is InChI=1S/C21H20FN3O4/c22-17-4-1-15(2-5-17)20(26)23-10-7-16(8-11-23)21(27)24-12-9-14-3-6-18(25(28)29)13-19(14)24/h1-6,13,16H,7-12H2. The Hall–Kier alpha value is -3.29. The van der Waals surface area contributed by atoms with E-state index < -0.39 is 10.7 Å². The summed E-state index contributed by atoms with van der Waals surface area (Å²) >= 11 is 0. The number of carbonyl (C=O) groups is 2. The van der Waals surface area contributed by atoms with E-state index in [0.29, 0.717) is 50.1 Å². The fraction of sp³-hybridized carbons (Fsp3) is 0.333. The number of amides is 2. The van der Waals surface area contributed by atoms with E-state index in [-0.39, 0.29) is 23.4 Å². The van der Waals surface area contributed by atoms with E-state index in [2.05, 4.69) is 0 Å². The monoisotopic (exact) mass is 397 g/mol. The number of nitrogens with zero attached hydrogens (tertiary/aromatic N) is 3. The highest BCUT2D eigenvalue weighted by Gasteiger charge is 2.34. The van der Waals surface area contributed by atoms with Gasteiger partial charge in [-0.25, -0.2) is 4.39 Å². The van der Waals surface area contributed by atoms with Gasteiger partial charge in [-0.3, -0.25) is 19.7 Å². The minimum Gasteiger partial charge on any atom is -0.339 e. The van der Waals surface area contributed by atoms with Crippen LogP contribution in [-0.2, 0) is 11.2 Å². The fourth-order valence-electron chi connectivity index (χ4n) is 4.04. The molecule has 150 valence electrons. The molecular weight excluding hydrogens is 377 g/mol. The molecule has 0 aliphatic carbocycles. The number of benzene rings is 2. The van der Waals surface area contributed by atoms with Crippen molar-refractivity contribution in [3.8, 4) is 0 Å². The number of nitro groups is 1. The Labute approximate surface area is 166 Å². The Morgan fingerprint density at radius 2 is 1.72 bits per heavy atom. The van der Waals surface area contributed by atoms with Gasteiger partial charge < -0.3 is 9.80 Å². The molecule has 0 bridgehead atoms. The zero-order valence-electron chi connectivity index (χ0n) is 15.7. The van der Waals surface area contributed by atoms with Crippen molar-refractivity contribution in [2.45, 2.75) is 19.3 Å². The number of piperidine rings is 1. The molecule has 2 heterocycles. The molecule has 4 rings (SSSR count). The van der Waals surface area contributed by atoms with Crippen LogP contribution in [0.1, 0.15) is 28.8 Å². The van der Waals surface area contributed by atoms with E-state index in [9.17, 15) is 24.1 Å². The summed E-state index contributed by atoms with van der Waals surface area (Å²) in [5.74, 6) is -0.828. The van der Waals surface area contributed by atoms with E-state index in [1.54, 1.807) is 15.9 Å². The van der Waals surface area contributed by atoms with E-state index in [1.807, 2.05) is 0 Å². The second-order valence-corrected chi connectivity index (χ2v) is 7.38. The number of rotatable bonds is 3. The predicted octanol–water partition coefficient (Wildman–Crippen LogP) is 3.18. The first-order valence-electron chi connectivity index (χ1n) is 9.57. The minimum absolute atomic E-state index is 0.0248. The molecular formula is C21H20FN3O4. The number of nitro benzene ring substituents is 1. The van der Waals surface area contributed by atoms with Crippen molar-refractivity contribution in [3.05, 3.63) is 69.5 Å². The van der Waals surface area contributed by atoms with Crippen LogP contribution in [0.5, 0.6) is 0 Å². The summed E-state index contributed by atoms with van der Waals surface area (Å²) in [4.78, 5) is 39.5. The van der Waals surface area contributed by atoms with Crippen molar-refractivity contribution >= 4 is 23.2 Å². The number of non-ortho nitro benzene ring substituents is 1. The van der Waals surface area contributed by atoms with E-state index in [4.69, 9.17) is 0 Å². The number of likely N-dealkylation sites (tertiary alicyclic amines) is 1. The summed E-state index contributed by atoms with van der Waals surface area (Å²) in [7, 11) is 0. The first kappa shape index (κ1) is 19.0. The molecule has 0 spiro atoms. The zero-order chi connectivity index (χ0) is 20.5. The van der Waals surface area contributed by atoms with Gasteiger partial charge in [-0.15, -0.1) is 0 Å². The van der Waals surface area contributed by atoms with Crippen molar-refractivity contribution in [3.63, 3.8) is 0 Å². The maximum atomic E-state index is 13.1. The molecule has 0 N–H and O–H groups in total. The number of hydrogen-bond acceptors (Lipinski definition) is 4. The van der Waals surface area contributed by atoms with Gasteiger partial charge in [-0.1, -0.05) is 6.07 Å². The molecule has 0 aromatic heterocycles. The molecule has 7 nitrogen and oxygen atoms in total. The topological polar surface area (TPSA) is 83.8 Å². The Morgan fingerprint density at radius 3 is 2.38 bits per heavy atom. The maximum absolute atomic E-state index is 13.1. The van der Waals surface area contributed by atoms with Crippen LogP contribution in [0, 0.1) is 21.8 Å². The first-order valence-corrected chi connectivity index (χ1v) is 9.57. The number of anilines is 1. The van der Waals surface area contributed by atoms with Gasteiger partial charge in [0.2, 0.25) is 5.91 Å². The average Bonchev–Trinajstić information content (AvgIpc) is 3.16. The van der Waals surface area contributed by atoms with Crippen molar-refractivity contribution in [2.24, 2.45) is 5.92 Å². The summed E-state index contributed by atoms with van der Waals surface area (Å²) in [5, 5.41) is 11.1. The van der Waals surface area contributed by atoms with Gasteiger partial charge in [0, 0.05) is 43.2 Å². The molecule has 0 unspecified atom stereocenters. The Bertz CT molecular complexity index is 968. The number of halogens is 1. The van der Waals surface area contributed by atoms with Crippen LogP contribution >= 0.6 is 0 Å². The normalized spacial score (nSPS) is 16.6. The summed E-state index contributed by atoms with van der Waals surface area (Å²) in [6, 6.07) is 10.1. The van der Waals surface area contributed by atoms with Crippen LogP contribution in [0.4, 0.5) is 15.8 Å². The summed E-state index contributed by atoms with van der Waals surface area (Å²) in [5.41, 5.74) is 1.96. The first-order chi connectivity index (χ1) is 13.9. The van der Waals surface area contributed by atoms with E-state index in [1.165, 1.54) is 36.4 Å². The minimum atomic E-state index is -0.458. The third kappa shape index (κ3) is 3.70. The number of hydrogen-bond donors (Lipinski definition) is 0. The van der Waals surface area contributed by atoms with Gasteiger partial charge in [-0.2, -0.15) is 0 Å². The fourth-order valence-corrected chi connectivity index (χ4v) is 4.04. The van der Waals surface area contributed by atoms with Gasteiger partial charge in [0.15, 0.2) is 0 Å². The van der Waals surface area contributed by atoms with Crippen molar-refractivity contribution in [2.75, 3.05) is 24.5 Å². The van der Waals surface area contributed by atoms with Crippen molar-refractivity contribution < 1.29 is 18.9 Å². The van der Waals surface area contributed by atoms with Crippen LogP contribution in [0.3, 0.4) is 0 Å². The van der Waals surface area contributed by atoms with E-state index >= 15 is 0 Å². The number of fused-ring (bicyclic) bond motifs is 1. The van der Waals surface area contributed by atoms with Crippen molar-refractivity contribution in [1.82, 2.24) is 4.90 Å². The Morgan fingerprint density at radius 1 is 1.03 bits per heavy atom. The molecule has 2 aliphatic heterocycles. The lowest BCUT2D eigenvalue weighted by Crippen LogP contribution is -2.44. The maximum Gasteiger partial charge on any atom is 0.271 e. The summed E-state index contributed by atoms with van der Waals surface area (Å²) in [6.45, 7) is 1.41. The van der Waals surface area contributed by atoms with E-state index in [0.717, 1.165) is 5.56 Å². The third-order valence-corrected chi connectivity index (χ3v) is 5.66. The highest BCUT2D eigenvalue weighted by Crippen LogP contribution is 2.34. The Kier molecular flexibility index (Phi) is 5.00. The van der Waals surface area contributed by atoms with Crippen LogP contribution in [0.25, 0.3) is 0 Å². The van der Waals surface area contributed by atoms with Crippen LogP contribution in [0.2, 0.25) is 0 Å². The van der Waals surface area contributed by atoms with Gasteiger partial charge in [0.1, 0.15) is 5.82 Å². The van der Waals surface area contributed by atoms with Crippen molar-refractivity contribution in [1.29, 1.82) is 0 Å². The molecule has 0 atom stereocenters. The SMILES string of the molecule is O=C(c1ccc(F)cc1)N1CCC(C(=O)N2CCc3ccc([N+](=O)[O-])cc32)CC1. The molecule has 1 fully saturated rings.